The Hall–Kier alpha value is -2.35. The Morgan fingerprint density at radius 2 is 2.05 bits per heavy atom. The number of anilines is 1. The van der Waals surface area contributed by atoms with Gasteiger partial charge in [-0.25, -0.2) is 9.67 Å². The molecule has 0 spiro atoms. The Labute approximate surface area is 119 Å². The Bertz CT molecular complexity index is 567. The van der Waals surface area contributed by atoms with Crippen LogP contribution in [0.3, 0.4) is 0 Å². The van der Waals surface area contributed by atoms with E-state index in [4.69, 9.17) is 5.26 Å². The maximum atomic E-state index is 8.82. The maximum absolute atomic E-state index is 8.82. The Kier molecular flexibility index (Phi) is 4.72. The molecule has 0 saturated carbocycles. The van der Waals surface area contributed by atoms with Gasteiger partial charge in [0.05, 0.1) is 19.0 Å². The first-order valence-electron chi connectivity index (χ1n) is 6.77. The molecule has 0 aliphatic heterocycles. The number of para-hydroxylation sites is 1. The maximum Gasteiger partial charge on any atom is 0.146 e. The fraction of sp³-hybridized carbons (Fsp3) is 0.400. The molecule has 0 aliphatic carbocycles. The van der Waals surface area contributed by atoms with Crippen LogP contribution in [0.25, 0.3) is 0 Å². The largest absolute Gasteiger partial charge is 0.363 e. The van der Waals surface area contributed by atoms with Gasteiger partial charge >= 0.3 is 0 Å². The number of nitriles is 1. The number of rotatable bonds is 6. The van der Waals surface area contributed by atoms with E-state index in [1.54, 1.807) is 6.33 Å². The Morgan fingerprint density at radius 3 is 2.70 bits per heavy atom. The summed E-state index contributed by atoms with van der Waals surface area (Å²) in [5, 5.41) is 13.1. The standard InChI is InChI=1S/C15H19N5/c1-13(2)20-15(17-12-18-20)11-19(10-6-9-16)14-7-4-3-5-8-14/h3-5,7-8,12-13H,6,10-11H2,1-2H3. The third-order valence-electron chi connectivity index (χ3n) is 3.08. The minimum atomic E-state index is 0.279. The number of aromatic nitrogens is 3. The van der Waals surface area contributed by atoms with Crippen molar-refractivity contribution in [2.75, 3.05) is 11.4 Å². The predicted octanol–water partition coefficient (Wildman–Crippen LogP) is 2.78. The minimum absolute atomic E-state index is 0.279. The number of hydrogen-bond donors (Lipinski definition) is 0. The van der Waals surface area contributed by atoms with Gasteiger partial charge in [0, 0.05) is 18.3 Å². The highest BCUT2D eigenvalue weighted by atomic mass is 15.4. The van der Waals surface area contributed by atoms with Crippen LogP contribution in [0.1, 0.15) is 32.1 Å². The molecule has 2 rings (SSSR count). The topological polar surface area (TPSA) is 57.7 Å². The summed E-state index contributed by atoms with van der Waals surface area (Å²) < 4.78 is 1.92. The molecule has 0 unspecified atom stereocenters. The second kappa shape index (κ2) is 6.71. The van der Waals surface area contributed by atoms with Crippen molar-refractivity contribution in [1.29, 1.82) is 5.26 Å². The molecule has 0 fully saturated rings. The van der Waals surface area contributed by atoms with Gasteiger partial charge in [-0.3, -0.25) is 0 Å². The van der Waals surface area contributed by atoms with Crippen molar-refractivity contribution >= 4 is 5.69 Å². The first-order valence-corrected chi connectivity index (χ1v) is 6.77. The number of hydrogen-bond acceptors (Lipinski definition) is 4. The Balaban J connectivity index is 2.20. The summed E-state index contributed by atoms with van der Waals surface area (Å²) in [5.74, 6) is 0.918. The van der Waals surface area contributed by atoms with Crippen molar-refractivity contribution in [3.05, 3.63) is 42.5 Å². The summed E-state index contributed by atoms with van der Waals surface area (Å²) in [5.41, 5.74) is 1.10. The molecule has 1 aromatic carbocycles. The third kappa shape index (κ3) is 3.35. The van der Waals surface area contributed by atoms with Crippen LogP contribution in [0.15, 0.2) is 36.7 Å². The summed E-state index contributed by atoms with van der Waals surface area (Å²) in [7, 11) is 0. The molecule has 20 heavy (non-hydrogen) atoms. The molecule has 0 atom stereocenters. The van der Waals surface area contributed by atoms with Crippen LogP contribution < -0.4 is 4.90 Å². The van der Waals surface area contributed by atoms with Gasteiger partial charge in [0.15, 0.2) is 0 Å². The van der Waals surface area contributed by atoms with Crippen LogP contribution in [-0.4, -0.2) is 21.3 Å². The molecule has 0 radical (unpaired) electrons. The summed E-state index contributed by atoms with van der Waals surface area (Å²) >= 11 is 0. The molecule has 1 heterocycles. The van der Waals surface area contributed by atoms with Crippen molar-refractivity contribution < 1.29 is 0 Å². The lowest BCUT2D eigenvalue weighted by Crippen LogP contribution is -2.26. The van der Waals surface area contributed by atoms with Gasteiger partial charge in [-0.05, 0) is 26.0 Å². The molecule has 5 heteroatoms. The van der Waals surface area contributed by atoms with Gasteiger partial charge in [-0.15, -0.1) is 0 Å². The molecule has 0 N–H and O–H groups in total. The van der Waals surface area contributed by atoms with Gasteiger partial charge < -0.3 is 4.90 Å². The van der Waals surface area contributed by atoms with E-state index < -0.39 is 0 Å². The van der Waals surface area contributed by atoms with E-state index in [-0.39, 0.29) is 6.04 Å². The molecule has 2 aromatic rings. The molecular weight excluding hydrogens is 250 g/mol. The molecule has 0 aliphatic rings. The quantitative estimate of drug-likeness (QED) is 0.809. The van der Waals surface area contributed by atoms with E-state index >= 15 is 0 Å². The van der Waals surface area contributed by atoms with Crippen LogP contribution >= 0.6 is 0 Å². The van der Waals surface area contributed by atoms with Crippen LogP contribution in [0, 0.1) is 11.3 Å². The van der Waals surface area contributed by atoms with Gasteiger partial charge in [0.1, 0.15) is 12.2 Å². The summed E-state index contributed by atoms with van der Waals surface area (Å²) in [6.45, 7) is 5.51. The fourth-order valence-electron chi connectivity index (χ4n) is 2.11. The smallest absolute Gasteiger partial charge is 0.146 e. The monoisotopic (exact) mass is 269 g/mol. The molecule has 0 bridgehead atoms. The first-order chi connectivity index (χ1) is 9.72. The van der Waals surface area contributed by atoms with Crippen molar-refractivity contribution in [3.8, 4) is 6.07 Å². The second-order valence-electron chi connectivity index (χ2n) is 4.88. The van der Waals surface area contributed by atoms with E-state index in [0.717, 1.165) is 11.5 Å². The van der Waals surface area contributed by atoms with E-state index in [1.165, 1.54) is 0 Å². The molecule has 0 amide bonds. The lowest BCUT2D eigenvalue weighted by molar-refractivity contribution is 0.501. The molecule has 1 aromatic heterocycles. The van der Waals surface area contributed by atoms with Crippen LogP contribution in [0.4, 0.5) is 5.69 Å². The van der Waals surface area contributed by atoms with Crippen molar-refractivity contribution in [1.82, 2.24) is 14.8 Å². The molecule has 5 nitrogen and oxygen atoms in total. The summed E-state index contributed by atoms with van der Waals surface area (Å²) in [6, 6.07) is 12.6. The highest BCUT2D eigenvalue weighted by Gasteiger charge is 2.13. The zero-order chi connectivity index (χ0) is 14.4. The normalized spacial score (nSPS) is 10.5. The molecule has 0 saturated heterocycles. The zero-order valence-electron chi connectivity index (χ0n) is 11.9. The van der Waals surface area contributed by atoms with Gasteiger partial charge in [0.2, 0.25) is 0 Å². The van der Waals surface area contributed by atoms with Crippen molar-refractivity contribution in [2.24, 2.45) is 0 Å². The summed E-state index contributed by atoms with van der Waals surface area (Å²) in [4.78, 5) is 6.50. The first kappa shape index (κ1) is 14.1. The third-order valence-corrected chi connectivity index (χ3v) is 3.08. The van der Waals surface area contributed by atoms with Gasteiger partial charge in [-0.1, -0.05) is 18.2 Å². The average molecular weight is 269 g/mol. The average Bonchev–Trinajstić information content (AvgIpc) is 2.92. The SMILES string of the molecule is CC(C)n1ncnc1CN(CCC#N)c1ccccc1. The van der Waals surface area contributed by atoms with Gasteiger partial charge in [0.25, 0.3) is 0 Å². The van der Waals surface area contributed by atoms with Gasteiger partial charge in [-0.2, -0.15) is 10.4 Å². The van der Waals surface area contributed by atoms with E-state index in [1.807, 2.05) is 35.0 Å². The highest BCUT2D eigenvalue weighted by Crippen LogP contribution is 2.17. The van der Waals surface area contributed by atoms with Crippen molar-refractivity contribution in [2.45, 2.75) is 32.9 Å². The van der Waals surface area contributed by atoms with E-state index in [0.29, 0.717) is 19.5 Å². The van der Waals surface area contributed by atoms with Crippen LogP contribution in [-0.2, 0) is 6.54 Å². The lowest BCUT2D eigenvalue weighted by atomic mass is 10.2. The minimum Gasteiger partial charge on any atom is -0.363 e. The predicted molar refractivity (Wildman–Crippen MR) is 78.1 cm³/mol. The van der Waals surface area contributed by atoms with Crippen LogP contribution in [0.2, 0.25) is 0 Å². The van der Waals surface area contributed by atoms with E-state index in [2.05, 4.69) is 34.9 Å². The van der Waals surface area contributed by atoms with Crippen molar-refractivity contribution in [3.63, 3.8) is 0 Å². The second-order valence-corrected chi connectivity index (χ2v) is 4.88. The molecular formula is C15H19N5. The lowest BCUT2D eigenvalue weighted by Gasteiger charge is -2.24. The fourth-order valence-corrected chi connectivity index (χ4v) is 2.11. The zero-order valence-corrected chi connectivity index (χ0v) is 11.9. The van der Waals surface area contributed by atoms with E-state index in [9.17, 15) is 0 Å². The van der Waals surface area contributed by atoms with Crippen LogP contribution in [0.5, 0.6) is 0 Å². The summed E-state index contributed by atoms with van der Waals surface area (Å²) in [6.07, 6.45) is 2.08. The highest BCUT2D eigenvalue weighted by molar-refractivity contribution is 5.46. The Morgan fingerprint density at radius 1 is 1.30 bits per heavy atom. The molecule has 104 valence electrons. The number of benzene rings is 1. The number of nitrogens with zero attached hydrogens (tertiary/aromatic N) is 5.